The fourth-order valence-electron chi connectivity index (χ4n) is 1.87. The second kappa shape index (κ2) is 4.59. The summed E-state index contributed by atoms with van der Waals surface area (Å²) < 4.78 is 0. The first-order valence-corrected chi connectivity index (χ1v) is 4.95. The summed E-state index contributed by atoms with van der Waals surface area (Å²) in [6.45, 7) is 4.12. The molecule has 13 heavy (non-hydrogen) atoms. The summed E-state index contributed by atoms with van der Waals surface area (Å²) >= 11 is 0. The summed E-state index contributed by atoms with van der Waals surface area (Å²) in [5.41, 5.74) is 0. The molecule has 0 aromatic carbocycles. The Morgan fingerprint density at radius 2 is 1.92 bits per heavy atom. The molecule has 1 fully saturated rings. The quantitative estimate of drug-likeness (QED) is 0.634. The molecule has 0 saturated carbocycles. The van der Waals surface area contributed by atoms with Gasteiger partial charge in [0.15, 0.2) is 0 Å². The van der Waals surface area contributed by atoms with Gasteiger partial charge < -0.3 is 4.90 Å². The van der Waals surface area contributed by atoms with E-state index in [2.05, 4.69) is 30.0 Å². The first kappa shape index (κ1) is 10.5. The van der Waals surface area contributed by atoms with Gasteiger partial charge in [-0.05, 0) is 33.9 Å². The van der Waals surface area contributed by atoms with Gasteiger partial charge >= 0.3 is 0 Å². The van der Waals surface area contributed by atoms with Crippen molar-refractivity contribution in [1.29, 1.82) is 5.26 Å². The molecule has 3 nitrogen and oxygen atoms in total. The summed E-state index contributed by atoms with van der Waals surface area (Å²) in [5, 5.41) is 8.76. The largest absolute Gasteiger partial charge is 0.306 e. The Kier molecular flexibility index (Phi) is 3.71. The summed E-state index contributed by atoms with van der Waals surface area (Å²) in [5.74, 6) is 0. The Balaban J connectivity index is 2.35. The van der Waals surface area contributed by atoms with Crippen LogP contribution in [0, 0.1) is 11.3 Å². The Morgan fingerprint density at radius 1 is 1.38 bits per heavy atom. The molecule has 0 N–H and O–H groups in total. The number of rotatable bonds is 2. The smallest absolute Gasteiger partial charge is 0.0949 e. The highest BCUT2D eigenvalue weighted by Crippen LogP contribution is 2.15. The van der Waals surface area contributed by atoms with Crippen LogP contribution in [-0.2, 0) is 0 Å². The standard InChI is InChI=1S/C10H19N3/c1-9(8-11)13-6-4-10(5-7-13)12(2)3/h9-10H,4-7H2,1-3H3. The van der Waals surface area contributed by atoms with Gasteiger partial charge in [-0.1, -0.05) is 0 Å². The Hall–Kier alpha value is -0.590. The highest BCUT2D eigenvalue weighted by molar-refractivity contribution is 4.90. The molecule has 0 aromatic rings. The van der Waals surface area contributed by atoms with E-state index in [0.29, 0.717) is 6.04 Å². The van der Waals surface area contributed by atoms with Crippen LogP contribution in [0.15, 0.2) is 0 Å². The molecular formula is C10H19N3. The first-order chi connectivity index (χ1) is 6.15. The summed E-state index contributed by atoms with van der Waals surface area (Å²) in [6, 6.07) is 3.09. The zero-order chi connectivity index (χ0) is 9.84. The molecule has 0 bridgehead atoms. The van der Waals surface area contributed by atoms with Crippen molar-refractivity contribution >= 4 is 0 Å². The molecule has 1 heterocycles. The summed E-state index contributed by atoms with van der Waals surface area (Å²) in [6.07, 6.45) is 2.39. The molecule has 0 aliphatic carbocycles. The van der Waals surface area contributed by atoms with Crippen LogP contribution in [-0.4, -0.2) is 49.1 Å². The topological polar surface area (TPSA) is 30.3 Å². The normalized spacial score (nSPS) is 23.0. The van der Waals surface area contributed by atoms with E-state index in [4.69, 9.17) is 5.26 Å². The Bertz CT molecular complexity index is 187. The van der Waals surface area contributed by atoms with Crippen LogP contribution in [0.5, 0.6) is 0 Å². The second-order valence-corrected chi connectivity index (χ2v) is 4.04. The molecule has 0 spiro atoms. The molecule has 1 saturated heterocycles. The van der Waals surface area contributed by atoms with E-state index >= 15 is 0 Å². The predicted molar refractivity (Wildman–Crippen MR) is 53.4 cm³/mol. The zero-order valence-corrected chi connectivity index (χ0v) is 8.82. The van der Waals surface area contributed by atoms with Gasteiger partial charge in [-0.2, -0.15) is 5.26 Å². The average molecular weight is 181 g/mol. The van der Waals surface area contributed by atoms with Gasteiger partial charge in [0.25, 0.3) is 0 Å². The lowest BCUT2D eigenvalue weighted by atomic mass is 10.0. The van der Waals surface area contributed by atoms with Crippen molar-refractivity contribution in [2.24, 2.45) is 0 Å². The number of hydrogen-bond donors (Lipinski definition) is 0. The molecule has 1 rings (SSSR count). The van der Waals surface area contributed by atoms with E-state index in [1.807, 2.05) is 6.92 Å². The van der Waals surface area contributed by atoms with Crippen LogP contribution in [0.1, 0.15) is 19.8 Å². The van der Waals surface area contributed by atoms with E-state index in [-0.39, 0.29) is 6.04 Å². The molecule has 0 radical (unpaired) electrons. The van der Waals surface area contributed by atoms with Gasteiger partial charge in [0.1, 0.15) is 0 Å². The molecule has 0 amide bonds. The van der Waals surface area contributed by atoms with Gasteiger partial charge in [-0.25, -0.2) is 0 Å². The minimum Gasteiger partial charge on any atom is -0.306 e. The van der Waals surface area contributed by atoms with E-state index in [0.717, 1.165) is 13.1 Å². The van der Waals surface area contributed by atoms with Crippen LogP contribution >= 0.6 is 0 Å². The third kappa shape index (κ3) is 2.68. The molecular weight excluding hydrogens is 162 g/mol. The fraction of sp³-hybridized carbons (Fsp3) is 0.900. The van der Waals surface area contributed by atoms with Crippen molar-refractivity contribution in [1.82, 2.24) is 9.80 Å². The summed E-state index contributed by atoms with van der Waals surface area (Å²) in [4.78, 5) is 4.55. The van der Waals surface area contributed by atoms with E-state index < -0.39 is 0 Å². The van der Waals surface area contributed by atoms with Gasteiger partial charge in [0.05, 0.1) is 12.1 Å². The Labute approximate surface area is 80.9 Å². The maximum atomic E-state index is 8.76. The zero-order valence-electron chi connectivity index (χ0n) is 8.82. The number of piperidine rings is 1. The molecule has 1 atom stereocenters. The van der Waals surface area contributed by atoms with E-state index in [1.54, 1.807) is 0 Å². The van der Waals surface area contributed by atoms with Crippen molar-refractivity contribution in [2.75, 3.05) is 27.2 Å². The maximum Gasteiger partial charge on any atom is 0.0949 e. The van der Waals surface area contributed by atoms with Crippen LogP contribution in [0.2, 0.25) is 0 Å². The highest BCUT2D eigenvalue weighted by Gasteiger charge is 2.23. The SMILES string of the molecule is CC(C#N)N1CCC(N(C)C)CC1. The minimum absolute atomic E-state index is 0.0862. The molecule has 1 aliphatic heterocycles. The molecule has 1 unspecified atom stereocenters. The minimum atomic E-state index is 0.0862. The number of nitrogens with zero attached hydrogens (tertiary/aromatic N) is 3. The first-order valence-electron chi connectivity index (χ1n) is 4.95. The van der Waals surface area contributed by atoms with Gasteiger partial charge in [0, 0.05) is 19.1 Å². The van der Waals surface area contributed by atoms with Crippen LogP contribution in [0.4, 0.5) is 0 Å². The number of likely N-dealkylation sites (tertiary alicyclic amines) is 1. The molecule has 1 aliphatic rings. The van der Waals surface area contributed by atoms with Gasteiger partial charge in [-0.15, -0.1) is 0 Å². The van der Waals surface area contributed by atoms with Gasteiger partial charge in [-0.3, -0.25) is 4.90 Å². The van der Waals surface area contributed by atoms with Crippen molar-refractivity contribution in [3.05, 3.63) is 0 Å². The monoisotopic (exact) mass is 181 g/mol. The average Bonchev–Trinajstić information content (AvgIpc) is 2.17. The molecule has 74 valence electrons. The lowest BCUT2D eigenvalue weighted by Crippen LogP contribution is -2.44. The predicted octanol–water partition coefficient (Wildman–Crippen LogP) is 0.924. The number of nitriles is 1. The van der Waals surface area contributed by atoms with Gasteiger partial charge in [0.2, 0.25) is 0 Å². The third-order valence-electron chi connectivity index (χ3n) is 2.96. The van der Waals surface area contributed by atoms with Crippen LogP contribution < -0.4 is 0 Å². The van der Waals surface area contributed by atoms with Crippen molar-refractivity contribution in [3.8, 4) is 6.07 Å². The van der Waals surface area contributed by atoms with Crippen molar-refractivity contribution < 1.29 is 0 Å². The van der Waals surface area contributed by atoms with Crippen molar-refractivity contribution in [3.63, 3.8) is 0 Å². The van der Waals surface area contributed by atoms with Crippen LogP contribution in [0.25, 0.3) is 0 Å². The van der Waals surface area contributed by atoms with Crippen LogP contribution in [0.3, 0.4) is 0 Å². The number of hydrogen-bond acceptors (Lipinski definition) is 3. The summed E-state index contributed by atoms with van der Waals surface area (Å²) in [7, 11) is 4.27. The third-order valence-corrected chi connectivity index (χ3v) is 2.96. The second-order valence-electron chi connectivity index (χ2n) is 4.04. The van der Waals surface area contributed by atoms with E-state index in [9.17, 15) is 0 Å². The Morgan fingerprint density at radius 3 is 2.31 bits per heavy atom. The molecule has 0 aromatic heterocycles. The maximum absolute atomic E-state index is 8.76. The molecule has 3 heteroatoms. The fourth-order valence-corrected chi connectivity index (χ4v) is 1.87. The highest BCUT2D eigenvalue weighted by atomic mass is 15.2. The van der Waals surface area contributed by atoms with E-state index in [1.165, 1.54) is 12.8 Å². The lowest BCUT2D eigenvalue weighted by Gasteiger charge is -2.36. The lowest BCUT2D eigenvalue weighted by molar-refractivity contribution is 0.132. The van der Waals surface area contributed by atoms with Crippen molar-refractivity contribution in [2.45, 2.75) is 31.8 Å².